The van der Waals surface area contributed by atoms with Gasteiger partial charge in [0.2, 0.25) is 12.6 Å². The third-order valence-electron chi connectivity index (χ3n) is 4.51. The van der Waals surface area contributed by atoms with Crippen LogP contribution in [0, 0.1) is 0 Å². The summed E-state index contributed by atoms with van der Waals surface area (Å²) in [7, 11) is -4.63. The van der Waals surface area contributed by atoms with Crippen LogP contribution >= 0.6 is 19.4 Å². The highest BCUT2D eigenvalue weighted by molar-refractivity contribution is 7.46. The first-order chi connectivity index (χ1) is 15.8. The molecule has 0 saturated heterocycles. The zero-order valence-electron chi connectivity index (χ0n) is 17.0. The molecule has 0 amide bonds. The second-order valence-corrected chi connectivity index (χ2v) is 8.62. The van der Waals surface area contributed by atoms with Gasteiger partial charge in [0, 0.05) is 29.8 Å². The van der Waals surface area contributed by atoms with Crippen LogP contribution in [0.2, 0.25) is 5.02 Å². The highest BCUT2D eigenvalue weighted by Crippen LogP contribution is 2.35. The fourth-order valence-corrected chi connectivity index (χ4v) is 3.44. The Morgan fingerprint density at radius 3 is 2.73 bits per heavy atom. The van der Waals surface area contributed by atoms with Gasteiger partial charge in [-0.15, -0.1) is 0 Å². The van der Waals surface area contributed by atoms with Crippen LogP contribution in [0.5, 0.6) is 11.6 Å². The van der Waals surface area contributed by atoms with Crippen LogP contribution in [-0.4, -0.2) is 19.9 Å². The van der Waals surface area contributed by atoms with Crippen molar-refractivity contribution in [1.82, 2.24) is 10.1 Å². The van der Waals surface area contributed by atoms with Gasteiger partial charge >= 0.3 is 7.82 Å². The molecule has 0 unspecified atom stereocenters. The van der Waals surface area contributed by atoms with Crippen molar-refractivity contribution in [2.24, 2.45) is 0 Å². The van der Waals surface area contributed by atoms with Gasteiger partial charge in [0.05, 0.1) is 11.9 Å². The van der Waals surface area contributed by atoms with Crippen LogP contribution in [0.1, 0.15) is 11.3 Å². The molecule has 3 heterocycles. The molecule has 0 atom stereocenters. The first-order valence-electron chi connectivity index (χ1n) is 9.59. The monoisotopic (exact) mass is 489 g/mol. The number of hydrogen-bond donors (Lipinski definition) is 3. The molecule has 4 N–H and O–H groups in total. The number of aromatic nitrogens is 3. The molecule has 170 valence electrons. The molecule has 12 heteroatoms. The maximum Gasteiger partial charge on any atom is 0.472 e. The highest BCUT2D eigenvalue weighted by Gasteiger charge is 2.20. The van der Waals surface area contributed by atoms with E-state index >= 15 is 0 Å². The third kappa shape index (κ3) is 6.16. The summed E-state index contributed by atoms with van der Waals surface area (Å²) in [4.78, 5) is 22.1. The number of phosphoric acid groups is 1. The van der Waals surface area contributed by atoms with E-state index in [2.05, 4.69) is 14.7 Å². The van der Waals surface area contributed by atoms with Crippen LogP contribution in [-0.2, 0) is 22.2 Å². The number of ether oxygens (including phenoxy) is 1. The summed E-state index contributed by atoms with van der Waals surface area (Å²) in [6.45, 7) is -0.416. The smallest absolute Gasteiger partial charge is 0.439 e. The minimum Gasteiger partial charge on any atom is -0.439 e. The lowest BCUT2D eigenvalue weighted by Crippen LogP contribution is -2.38. The minimum absolute atomic E-state index is 0.206. The van der Waals surface area contributed by atoms with Crippen LogP contribution in [0.3, 0.4) is 0 Å². The van der Waals surface area contributed by atoms with Crippen LogP contribution in [0.25, 0.3) is 11.3 Å². The van der Waals surface area contributed by atoms with Gasteiger partial charge in [0.15, 0.2) is 5.76 Å². The van der Waals surface area contributed by atoms with Crippen molar-refractivity contribution < 1.29 is 32.7 Å². The van der Waals surface area contributed by atoms with E-state index < -0.39 is 14.6 Å². The molecular formula is C21H19ClN4O6P+. The SMILES string of the molecule is Nc1c(-c2cc(Cc3ccc(Oc4cccc(Cl)c4)nc3)no2)ccc[n+]1COP(=O)(O)O. The fourth-order valence-electron chi connectivity index (χ4n) is 2.98. The van der Waals surface area contributed by atoms with Gasteiger partial charge in [-0.2, -0.15) is 0 Å². The van der Waals surface area contributed by atoms with Gasteiger partial charge in [-0.05, 0) is 35.9 Å². The molecule has 0 aliphatic carbocycles. The molecule has 0 bridgehead atoms. The number of halogens is 1. The predicted molar refractivity (Wildman–Crippen MR) is 118 cm³/mol. The van der Waals surface area contributed by atoms with Crippen molar-refractivity contribution in [1.29, 1.82) is 0 Å². The lowest BCUT2D eigenvalue weighted by Gasteiger charge is -2.07. The maximum absolute atomic E-state index is 10.9. The van der Waals surface area contributed by atoms with Gasteiger partial charge in [-0.1, -0.05) is 28.9 Å². The second-order valence-electron chi connectivity index (χ2n) is 6.95. The topological polar surface area (TPSA) is 145 Å². The van der Waals surface area contributed by atoms with Crippen molar-refractivity contribution in [3.8, 4) is 23.0 Å². The summed E-state index contributed by atoms with van der Waals surface area (Å²) in [6, 6.07) is 15.7. The first kappa shape index (κ1) is 22.9. The quantitative estimate of drug-likeness (QED) is 0.249. The van der Waals surface area contributed by atoms with Crippen LogP contribution < -0.4 is 15.0 Å². The highest BCUT2D eigenvalue weighted by atomic mass is 35.5. The average Bonchev–Trinajstić information content (AvgIpc) is 3.22. The number of nitrogens with two attached hydrogens (primary N) is 1. The molecule has 4 aromatic rings. The summed E-state index contributed by atoms with van der Waals surface area (Å²) in [6.07, 6.45) is 3.67. The van der Waals surface area contributed by atoms with E-state index in [9.17, 15) is 4.57 Å². The van der Waals surface area contributed by atoms with E-state index in [1.807, 2.05) is 6.07 Å². The molecule has 0 spiro atoms. The summed E-state index contributed by atoms with van der Waals surface area (Å²) in [5.41, 5.74) is 8.15. The second kappa shape index (κ2) is 9.70. The molecule has 0 saturated carbocycles. The Hall–Kier alpha value is -3.27. The van der Waals surface area contributed by atoms with E-state index in [1.54, 1.807) is 54.7 Å². The largest absolute Gasteiger partial charge is 0.472 e. The minimum atomic E-state index is -4.63. The predicted octanol–water partition coefficient (Wildman–Crippen LogP) is 3.71. The normalized spacial score (nSPS) is 11.5. The molecule has 0 radical (unpaired) electrons. The lowest BCUT2D eigenvalue weighted by atomic mass is 10.1. The Morgan fingerprint density at radius 1 is 1.15 bits per heavy atom. The molecule has 10 nitrogen and oxygen atoms in total. The number of anilines is 1. The van der Waals surface area contributed by atoms with Crippen molar-refractivity contribution in [3.63, 3.8) is 0 Å². The number of rotatable bonds is 8. The van der Waals surface area contributed by atoms with Crippen molar-refractivity contribution in [2.45, 2.75) is 13.2 Å². The Morgan fingerprint density at radius 2 is 2.00 bits per heavy atom. The molecule has 33 heavy (non-hydrogen) atoms. The molecule has 4 rings (SSSR count). The van der Waals surface area contributed by atoms with E-state index in [0.717, 1.165) is 5.56 Å². The van der Waals surface area contributed by atoms with Gasteiger partial charge < -0.3 is 19.0 Å². The number of benzene rings is 1. The van der Waals surface area contributed by atoms with E-state index in [4.69, 9.17) is 36.4 Å². The standard InChI is InChI=1S/C21H18ClN4O6P/c22-15-3-1-4-17(10-15)31-20-7-6-14(12-24-20)9-16-11-19(32-25-16)18-5-2-8-26(21(18)23)13-30-33(27,28)29/h1-8,10-12,23H,9,13H2,(H2,27,28,29)/p+1. The van der Waals surface area contributed by atoms with E-state index in [1.165, 1.54) is 10.8 Å². The van der Waals surface area contributed by atoms with Crippen LogP contribution in [0.4, 0.5) is 5.82 Å². The fraction of sp³-hybridized carbons (Fsp3) is 0.0952. The zero-order valence-corrected chi connectivity index (χ0v) is 18.7. The molecule has 1 aromatic carbocycles. The number of pyridine rings is 2. The Balaban J connectivity index is 1.44. The maximum atomic E-state index is 10.9. The van der Waals surface area contributed by atoms with Gasteiger partial charge in [-0.3, -0.25) is 5.73 Å². The Bertz CT molecular complexity index is 1310. The number of hydrogen-bond acceptors (Lipinski definition) is 7. The number of nitrogens with zero attached hydrogens (tertiary/aromatic N) is 3. The zero-order chi connectivity index (χ0) is 23.4. The molecule has 0 aliphatic rings. The van der Waals surface area contributed by atoms with Crippen molar-refractivity contribution >= 4 is 25.2 Å². The number of nitrogen functional groups attached to an aromatic ring is 1. The lowest BCUT2D eigenvalue weighted by molar-refractivity contribution is -0.711. The van der Waals surface area contributed by atoms with Gasteiger partial charge in [0.25, 0.3) is 5.82 Å². The first-order valence-corrected chi connectivity index (χ1v) is 11.5. The summed E-state index contributed by atoms with van der Waals surface area (Å²) in [5, 5.41) is 4.65. The summed E-state index contributed by atoms with van der Waals surface area (Å²) >= 11 is 5.96. The summed E-state index contributed by atoms with van der Waals surface area (Å²) < 4.78 is 27.9. The molecular weight excluding hydrogens is 471 g/mol. The Labute approximate surface area is 193 Å². The molecule has 0 aliphatic heterocycles. The molecule has 3 aromatic heterocycles. The van der Waals surface area contributed by atoms with E-state index in [0.29, 0.717) is 40.1 Å². The average molecular weight is 490 g/mol. The van der Waals surface area contributed by atoms with Crippen molar-refractivity contribution in [2.75, 3.05) is 5.73 Å². The van der Waals surface area contributed by atoms with Gasteiger partial charge in [-0.25, -0.2) is 18.6 Å². The third-order valence-corrected chi connectivity index (χ3v) is 5.19. The van der Waals surface area contributed by atoms with Gasteiger partial charge in [0.1, 0.15) is 11.3 Å². The molecule has 0 fully saturated rings. The van der Waals surface area contributed by atoms with E-state index in [-0.39, 0.29) is 5.82 Å². The Kier molecular flexibility index (Phi) is 6.73. The van der Waals surface area contributed by atoms with Crippen molar-refractivity contribution in [3.05, 3.63) is 83.3 Å². The number of phosphoric ester groups is 1. The summed E-state index contributed by atoms with van der Waals surface area (Å²) in [5.74, 6) is 1.63. The van der Waals surface area contributed by atoms with Crippen LogP contribution in [0.15, 0.2) is 71.5 Å².